The van der Waals surface area contributed by atoms with Crippen molar-refractivity contribution in [2.75, 3.05) is 0 Å². The number of ether oxygens (including phenoxy) is 2. The molecule has 0 N–H and O–H groups in total. The quantitative estimate of drug-likeness (QED) is 0.543. The Hall–Kier alpha value is -2.69. The van der Waals surface area contributed by atoms with Gasteiger partial charge in [-0.15, -0.1) is 0 Å². The van der Waals surface area contributed by atoms with Gasteiger partial charge in [-0.3, -0.25) is 9.59 Å². The molecule has 144 valence electrons. The maximum absolute atomic E-state index is 14.5. The van der Waals surface area contributed by atoms with Gasteiger partial charge in [0, 0.05) is 12.5 Å². The molecule has 0 fully saturated rings. The lowest BCUT2D eigenvalue weighted by Crippen LogP contribution is -2.30. The van der Waals surface area contributed by atoms with Crippen LogP contribution in [0.15, 0.2) is 48.5 Å². The molecule has 27 heavy (non-hydrogen) atoms. The van der Waals surface area contributed by atoms with Gasteiger partial charge in [0.2, 0.25) is 6.29 Å². The van der Waals surface area contributed by atoms with Gasteiger partial charge in [-0.05, 0) is 44.9 Å². The van der Waals surface area contributed by atoms with Gasteiger partial charge < -0.3 is 9.47 Å². The van der Waals surface area contributed by atoms with E-state index in [4.69, 9.17) is 9.47 Å². The third-order valence-corrected chi connectivity index (χ3v) is 4.10. The number of rotatable bonds is 5. The second kappa shape index (κ2) is 8.33. The Morgan fingerprint density at radius 1 is 0.963 bits per heavy atom. The molecule has 4 nitrogen and oxygen atoms in total. The van der Waals surface area contributed by atoms with E-state index in [1.54, 1.807) is 39.8 Å². The summed E-state index contributed by atoms with van der Waals surface area (Å²) in [5, 5.41) is 0. The van der Waals surface area contributed by atoms with Gasteiger partial charge in [0.1, 0.15) is 5.82 Å². The standard InChI is InChI=1S/C22H25FO4/c1-14(20(24)26-15(2)27-21(25)22(3,4)5)17-11-12-18(19(23)13-17)16-9-7-6-8-10-16/h6-15H,1-5H3. The van der Waals surface area contributed by atoms with Crippen LogP contribution in [0, 0.1) is 11.2 Å². The smallest absolute Gasteiger partial charge is 0.316 e. The molecule has 2 atom stereocenters. The van der Waals surface area contributed by atoms with Crippen LogP contribution < -0.4 is 0 Å². The summed E-state index contributed by atoms with van der Waals surface area (Å²) in [4.78, 5) is 24.2. The highest BCUT2D eigenvalue weighted by Gasteiger charge is 2.27. The molecule has 0 saturated heterocycles. The van der Waals surface area contributed by atoms with Crippen LogP contribution in [-0.2, 0) is 19.1 Å². The highest BCUT2D eigenvalue weighted by Crippen LogP contribution is 2.27. The van der Waals surface area contributed by atoms with E-state index < -0.39 is 35.4 Å². The summed E-state index contributed by atoms with van der Waals surface area (Å²) in [5.41, 5.74) is 1.03. The number of esters is 2. The van der Waals surface area contributed by atoms with Gasteiger partial charge in [-0.25, -0.2) is 4.39 Å². The first-order valence-electron chi connectivity index (χ1n) is 8.86. The zero-order valence-electron chi connectivity index (χ0n) is 16.3. The molecule has 2 aromatic carbocycles. The first-order chi connectivity index (χ1) is 12.6. The maximum Gasteiger partial charge on any atom is 0.316 e. The van der Waals surface area contributed by atoms with Crippen LogP contribution in [0.3, 0.4) is 0 Å². The lowest BCUT2D eigenvalue weighted by Gasteiger charge is -2.22. The number of carbonyl (C=O) groups is 2. The Balaban J connectivity index is 2.06. The molecule has 0 heterocycles. The number of hydrogen-bond donors (Lipinski definition) is 0. The minimum atomic E-state index is -1.01. The van der Waals surface area contributed by atoms with Crippen molar-refractivity contribution in [3.05, 3.63) is 59.9 Å². The Labute approximate surface area is 159 Å². The topological polar surface area (TPSA) is 52.6 Å². The third-order valence-electron chi connectivity index (χ3n) is 4.10. The van der Waals surface area contributed by atoms with E-state index in [1.807, 2.05) is 30.3 Å². The summed E-state index contributed by atoms with van der Waals surface area (Å²) >= 11 is 0. The molecule has 5 heteroatoms. The van der Waals surface area contributed by atoms with Crippen molar-refractivity contribution in [1.82, 2.24) is 0 Å². The lowest BCUT2D eigenvalue weighted by atomic mass is 9.97. The van der Waals surface area contributed by atoms with Gasteiger partial charge in [0.15, 0.2) is 0 Å². The second-order valence-electron chi connectivity index (χ2n) is 7.49. The van der Waals surface area contributed by atoms with Crippen LogP contribution in [0.5, 0.6) is 0 Å². The van der Waals surface area contributed by atoms with E-state index in [0.29, 0.717) is 11.1 Å². The molecule has 0 aromatic heterocycles. The van der Waals surface area contributed by atoms with E-state index in [0.717, 1.165) is 5.56 Å². The first-order valence-corrected chi connectivity index (χ1v) is 8.86. The number of benzene rings is 2. The highest BCUT2D eigenvalue weighted by molar-refractivity contribution is 5.79. The molecule has 0 spiro atoms. The number of carbonyl (C=O) groups excluding carboxylic acids is 2. The van der Waals surface area contributed by atoms with Gasteiger partial charge in [-0.2, -0.15) is 0 Å². The zero-order chi connectivity index (χ0) is 20.2. The molecule has 0 aliphatic heterocycles. The van der Waals surface area contributed by atoms with E-state index in [1.165, 1.54) is 13.0 Å². The molecular weight excluding hydrogens is 347 g/mol. The molecule has 0 amide bonds. The number of hydrogen-bond acceptors (Lipinski definition) is 4. The Morgan fingerprint density at radius 3 is 2.15 bits per heavy atom. The Bertz CT molecular complexity index is 809. The molecular formula is C22H25FO4. The Kier molecular flexibility index (Phi) is 6.37. The fourth-order valence-corrected chi connectivity index (χ4v) is 2.41. The van der Waals surface area contributed by atoms with E-state index in [9.17, 15) is 14.0 Å². The monoisotopic (exact) mass is 372 g/mol. The first kappa shape index (κ1) is 20.6. The lowest BCUT2D eigenvalue weighted by molar-refractivity contribution is -0.191. The average molecular weight is 372 g/mol. The second-order valence-corrected chi connectivity index (χ2v) is 7.49. The summed E-state index contributed by atoms with van der Waals surface area (Å²) in [6, 6.07) is 13.9. The van der Waals surface area contributed by atoms with E-state index >= 15 is 0 Å². The van der Waals surface area contributed by atoms with Crippen molar-refractivity contribution < 1.29 is 23.5 Å². The Morgan fingerprint density at radius 2 is 1.59 bits per heavy atom. The van der Waals surface area contributed by atoms with Crippen LogP contribution in [0.1, 0.15) is 46.1 Å². The van der Waals surface area contributed by atoms with Crippen molar-refractivity contribution in [1.29, 1.82) is 0 Å². The van der Waals surface area contributed by atoms with Crippen molar-refractivity contribution in [2.24, 2.45) is 5.41 Å². The fraction of sp³-hybridized carbons (Fsp3) is 0.364. The molecule has 0 aliphatic rings. The molecule has 0 bridgehead atoms. The highest BCUT2D eigenvalue weighted by atomic mass is 19.1. The predicted octanol–water partition coefficient (Wildman–Crippen LogP) is 5.07. The molecule has 0 radical (unpaired) electrons. The van der Waals surface area contributed by atoms with E-state index in [-0.39, 0.29) is 0 Å². The average Bonchev–Trinajstić information content (AvgIpc) is 2.60. The largest absolute Gasteiger partial charge is 0.425 e. The molecule has 0 saturated carbocycles. The van der Waals surface area contributed by atoms with Crippen molar-refractivity contribution in [2.45, 2.75) is 46.8 Å². The van der Waals surface area contributed by atoms with Crippen molar-refractivity contribution in [3.63, 3.8) is 0 Å². The summed E-state index contributed by atoms with van der Waals surface area (Å²) < 4.78 is 24.8. The van der Waals surface area contributed by atoms with Gasteiger partial charge in [0.05, 0.1) is 11.3 Å². The third kappa shape index (κ3) is 5.39. The van der Waals surface area contributed by atoms with Crippen molar-refractivity contribution >= 4 is 11.9 Å². The van der Waals surface area contributed by atoms with Gasteiger partial charge in [0.25, 0.3) is 0 Å². The summed E-state index contributed by atoms with van der Waals surface area (Å²) in [6.07, 6.45) is -1.01. The zero-order valence-corrected chi connectivity index (χ0v) is 16.3. The summed E-state index contributed by atoms with van der Waals surface area (Å²) in [6.45, 7) is 8.24. The van der Waals surface area contributed by atoms with Crippen LogP contribution in [0.25, 0.3) is 11.1 Å². The molecule has 2 aromatic rings. The minimum Gasteiger partial charge on any atom is -0.425 e. The maximum atomic E-state index is 14.5. The van der Waals surface area contributed by atoms with Crippen molar-refractivity contribution in [3.8, 4) is 11.1 Å². The minimum absolute atomic E-state index is 0.412. The molecule has 0 aliphatic carbocycles. The van der Waals surface area contributed by atoms with E-state index in [2.05, 4.69) is 0 Å². The fourth-order valence-electron chi connectivity index (χ4n) is 2.41. The van der Waals surface area contributed by atoms with Crippen LogP contribution in [0.2, 0.25) is 0 Å². The predicted molar refractivity (Wildman–Crippen MR) is 101 cm³/mol. The number of halogens is 1. The summed E-state index contributed by atoms with van der Waals surface area (Å²) in [7, 11) is 0. The van der Waals surface area contributed by atoms with Crippen LogP contribution in [-0.4, -0.2) is 18.2 Å². The SMILES string of the molecule is CC(OC(=O)C(C)c1ccc(-c2ccccc2)c(F)c1)OC(=O)C(C)(C)C. The van der Waals surface area contributed by atoms with Crippen LogP contribution >= 0.6 is 0 Å². The molecule has 2 unspecified atom stereocenters. The van der Waals surface area contributed by atoms with Gasteiger partial charge >= 0.3 is 11.9 Å². The van der Waals surface area contributed by atoms with Crippen LogP contribution in [0.4, 0.5) is 4.39 Å². The summed E-state index contributed by atoms with van der Waals surface area (Å²) in [5.74, 6) is -2.16. The molecule has 2 rings (SSSR count). The normalized spacial score (nSPS) is 13.6. The van der Waals surface area contributed by atoms with Gasteiger partial charge in [-0.1, -0.05) is 42.5 Å².